The van der Waals surface area contributed by atoms with Gasteiger partial charge in [-0.3, -0.25) is 0 Å². The Morgan fingerprint density at radius 2 is 1.80 bits per heavy atom. The fourth-order valence-corrected chi connectivity index (χ4v) is 2.77. The first kappa shape index (κ1) is 13.7. The molecule has 1 aliphatic carbocycles. The Morgan fingerprint density at radius 3 is 2.45 bits per heavy atom. The van der Waals surface area contributed by atoms with E-state index in [0.29, 0.717) is 6.10 Å². The Hall–Kier alpha value is -1.32. The zero-order valence-electron chi connectivity index (χ0n) is 11.5. The zero-order chi connectivity index (χ0) is 13.9. The maximum absolute atomic E-state index is 5.88. The summed E-state index contributed by atoms with van der Waals surface area (Å²) in [5.41, 5.74) is 2.47. The van der Waals surface area contributed by atoms with Gasteiger partial charge in [-0.05, 0) is 55.3 Å². The molecule has 1 saturated carbocycles. The van der Waals surface area contributed by atoms with Gasteiger partial charge in [-0.15, -0.1) is 0 Å². The summed E-state index contributed by atoms with van der Waals surface area (Å²) in [6.45, 7) is 0. The van der Waals surface area contributed by atoms with Crippen LogP contribution in [0.5, 0.6) is 5.75 Å². The van der Waals surface area contributed by atoms with Crippen molar-refractivity contribution < 1.29 is 4.74 Å². The molecule has 0 aliphatic heterocycles. The van der Waals surface area contributed by atoms with Crippen molar-refractivity contribution in [2.45, 2.75) is 25.0 Å². The van der Waals surface area contributed by atoms with E-state index in [9.17, 15) is 0 Å². The molecule has 2 nitrogen and oxygen atoms in total. The summed E-state index contributed by atoms with van der Waals surface area (Å²) in [7, 11) is 1.99. The number of hydrogen-bond acceptors (Lipinski definition) is 2. The first-order valence-corrected chi connectivity index (χ1v) is 7.75. The van der Waals surface area contributed by atoms with E-state index in [1.165, 1.54) is 24.0 Å². The van der Waals surface area contributed by atoms with Gasteiger partial charge in [0.15, 0.2) is 0 Å². The monoisotopic (exact) mass is 331 g/mol. The SMILES string of the molecule is CNC(c1cccc(Br)c1)c1cccc(OC2CC2)c1. The summed E-state index contributed by atoms with van der Waals surface area (Å²) in [5.74, 6) is 0.972. The molecule has 0 spiro atoms. The summed E-state index contributed by atoms with van der Waals surface area (Å²) in [6.07, 6.45) is 2.81. The van der Waals surface area contributed by atoms with E-state index in [-0.39, 0.29) is 6.04 Å². The van der Waals surface area contributed by atoms with Gasteiger partial charge in [-0.25, -0.2) is 0 Å². The molecule has 0 heterocycles. The minimum absolute atomic E-state index is 0.176. The number of nitrogens with one attached hydrogen (secondary N) is 1. The average Bonchev–Trinajstić information content (AvgIpc) is 3.24. The van der Waals surface area contributed by atoms with Gasteiger partial charge in [0.25, 0.3) is 0 Å². The highest BCUT2D eigenvalue weighted by Crippen LogP contribution is 2.30. The Kier molecular flexibility index (Phi) is 4.08. The van der Waals surface area contributed by atoms with Crippen LogP contribution >= 0.6 is 15.9 Å². The Labute approximate surface area is 128 Å². The quantitative estimate of drug-likeness (QED) is 0.881. The molecule has 3 rings (SSSR count). The summed E-state index contributed by atoms with van der Waals surface area (Å²) < 4.78 is 6.98. The third kappa shape index (κ3) is 3.22. The lowest BCUT2D eigenvalue weighted by Crippen LogP contribution is -2.17. The van der Waals surface area contributed by atoms with Gasteiger partial charge in [-0.1, -0.05) is 40.2 Å². The van der Waals surface area contributed by atoms with Gasteiger partial charge in [-0.2, -0.15) is 0 Å². The number of benzene rings is 2. The van der Waals surface area contributed by atoms with E-state index < -0.39 is 0 Å². The molecular formula is C17H18BrNO. The predicted octanol–water partition coefficient (Wildman–Crippen LogP) is 4.30. The number of rotatable bonds is 5. The largest absolute Gasteiger partial charge is 0.490 e. The van der Waals surface area contributed by atoms with Crippen molar-refractivity contribution in [3.63, 3.8) is 0 Å². The molecule has 0 radical (unpaired) electrons. The molecule has 1 fully saturated rings. The van der Waals surface area contributed by atoms with Crippen LogP contribution < -0.4 is 10.1 Å². The molecule has 0 bridgehead atoms. The zero-order valence-corrected chi connectivity index (χ0v) is 13.1. The second kappa shape index (κ2) is 5.98. The van der Waals surface area contributed by atoms with E-state index in [1.54, 1.807) is 0 Å². The van der Waals surface area contributed by atoms with Gasteiger partial charge >= 0.3 is 0 Å². The highest BCUT2D eigenvalue weighted by Gasteiger charge is 2.23. The molecule has 1 N–H and O–H groups in total. The first-order chi connectivity index (χ1) is 9.76. The van der Waals surface area contributed by atoms with Crippen LogP contribution in [-0.2, 0) is 0 Å². The van der Waals surface area contributed by atoms with E-state index in [4.69, 9.17) is 4.74 Å². The van der Waals surface area contributed by atoms with Crippen molar-refractivity contribution in [3.05, 3.63) is 64.1 Å². The first-order valence-electron chi connectivity index (χ1n) is 6.95. The van der Waals surface area contributed by atoms with Crippen LogP contribution in [0.3, 0.4) is 0 Å². The summed E-state index contributed by atoms with van der Waals surface area (Å²) >= 11 is 3.54. The van der Waals surface area contributed by atoms with Gasteiger partial charge in [0.2, 0.25) is 0 Å². The molecule has 0 saturated heterocycles. The molecule has 1 atom stereocenters. The Balaban J connectivity index is 1.88. The third-order valence-corrected chi connectivity index (χ3v) is 3.98. The molecule has 0 aromatic heterocycles. The molecule has 0 amide bonds. The maximum atomic E-state index is 5.88. The second-order valence-electron chi connectivity index (χ2n) is 5.17. The molecule has 2 aromatic rings. The predicted molar refractivity (Wildman–Crippen MR) is 85.1 cm³/mol. The summed E-state index contributed by atoms with van der Waals surface area (Å²) in [6, 6.07) is 17.0. The lowest BCUT2D eigenvalue weighted by molar-refractivity contribution is 0.302. The van der Waals surface area contributed by atoms with E-state index in [0.717, 1.165) is 10.2 Å². The van der Waals surface area contributed by atoms with E-state index in [2.05, 4.69) is 57.6 Å². The van der Waals surface area contributed by atoms with Crippen molar-refractivity contribution in [3.8, 4) is 5.75 Å². The van der Waals surface area contributed by atoms with Gasteiger partial charge in [0, 0.05) is 4.47 Å². The fourth-order valence-electron chi connectivity index (χ4n) is 2.36. The topological polar surface area (TPSA) is 21.3 Å². The van der Waals surface area contributed by atoms with Crippen molar-refractivity contribution in [2.24, 2.45) is 0 Å². The van der Waals surface area contributed by atoms with Crippen LogP contribution in [0, 0.1) is 0 Å². The molecule has 104 valence electrons. The van der Waals surface area contributed by atoms with Gasteiger partial charge in [0.1, 0.15) is 5.75 Å². The minimum atomic E-state index is 0.176. The smallest absolute Gasteiger partial charge is 0.120 e. The standard InChI is InChI=1S/C17H18BrNO/c1-19-17(12-4-2-6-14(18)10-12)13-5-3-7-16(11-13)20-15-8-9-15/h2-7,10-11,15,17,19H,8-9H2,1H3. The van der Waals surface area contributed by atoms with Gasteiger partial charge in [0.05, 0.1) is 12.1 Å². The summed E-state index contributed by atoms with van der Waals surface area (Å²) in [5, 5.41) is 3.38. The normalized spacial score (nSPS) is 15.9. The lowest BCUT2D eigenvalue weighted by atomic mass is 9.99. The van der Waals surface area contributed by atoms with Crippen molar-refractivity contribution >= 4 is 15.9 Å². The molecule has 1 aliphatic rings. The van der Waals surface area contributed by atoms with Crippen molar-refractivity contribution in [2.75, 3.05) is 7.05 Å². The number of halogens is 1. The number of ether oxygens (including phenoxy) is 1. The fraction of sp³-hybridized carbons (Fsp3) is 0.294. The molecule has 3 heteroatoms. The van der Waals surface area contributed by atoms with Gasteiger partial charge < -0.3 is 10.1 Å². The molecular weight excluding hydrogens is 314 g/mol. The molecule has 2 aromatic carbocycles. The van der Waals surface area contributed by atoms with Crippen LogP contribution in [0.2, 0.25) is 0 Å². The summed E-state index contributed by atoms with van der Waals surface area (Å²) in [4.78, 5) is 0. The van der Waals surface area contributed by atoms with Crippen LogP contribution in [0.4, 0.5) is 0 Å². The molecule has 20 heavy (non-hydrogen) atoms. The Morgan fingerprint density at radius 1 is 1.10 bits per heavy atom. The van der Waals surface area contributed by atoms with Crippen LogP contribution in [0.1, 0.15) is 30.0 Å². The van der Waals surface area contributed by atoms with Crippen molar-refractivity contribution in [1.82, 2.24) is 5.32 Å². The third-order valence-electron chi connectivity index (χ3n) is 3.49. The van der Waals surface area contributed by atoms with Crippen LogP contribution in [0.25, 0.3) is 0 Å². The highest BCUT2D eigenvalue weighted by molar-refractivity contribution is 9.10. The van der Waals surface area contributed by atoms with E-state index in [1.807, 2.05) is 19.2 Å². The average molecular weight is 332 g/mol. The van der Waals surface area contributed by atoms with Crippen LogP contribution in [0.15, 0.2) is 53.0 Å². The molecule has 1 unspecified atom stereocenters. The van der Waals surface area contributed by atoms with E-state index >= 15 is 0 Å². The second-order valence-corrected chi connectivity index (χ2v) is 6.08. The lowest BCUT2D eigenvalue weighted by Gasteiger charge is -2.18. The minimum Gasteiger partial charge on any atom is -0.490 e. The van der Waals surface area contributed by atoms with Crippen molar-refractivity contribution in [1.29, 1.82) is 0 Å². The number of hydrogen-bond donors (Lipinski definition) is 1. The Bertz CT molecular complexity index is 595. The maximum Gasteiger partial charge on any atom is 0.120 e. The highest BCUT2D eigenvalue weighted by atomic mass is 79.9. The van der Waals surface area contributed by atoms with Crippen LogP contribution in [-0.4, -0.2) is 13.2 Å².